The Labute approximate surface area is 165 Å². The van der Waals surface area contributed by atoms with Crippen LogP contribution in [0.5, 0.6) is 11.5 Å². The van der Waals surface area contributed by atoms with Gasteiger partial charge in [-0.25, -0.2) is 0 Å². The topological polar surface area (TPSA) is 39.7 Å². The first-order valence-corrected chi connectivity index (χ1v) is 10.1. The average Bonchev–Trinajstić information content (AvgIpc) is 3.14. The Balaban J connectivity index is 1.75. The molecule has 2 heterocycles. The van der Waals surface area contributed by atoms with Gasteiger partial charge in [-0.15, -0.1) is 0 Å². The highest BCUT2D eigenvalue weighted by atomic mass is 35.5. The fraction of sp³-hybridized carbons (Fsp3) is 0.455. The third-order valence-corrected chi connectivity index (χ3v) is 5.65. The van der Waals surface area contributed by atoms with Gasteiger partial charge in [0.15, 0.2) is 11.5 Å². The van der Waals surface area contributed by atoms with Crippen LogP contribution in [0.1, 0.15) is 49.1 Å². The van der Waals surface area contributed by atoms with Crippen LogP contribution in [0.3, 0.4) is 0 Å². The molecule has 1 saturated heterocycles. The van der Waals surface area contributed by atoms with Gasteiger partial charge in [-0.1, -0.05) is 29.3 Å². The Morgan fingerprint density at radius 2 is 1.96 bits per heavy atom. The summed E-state index contributed by atoms with van der Waals surface area (Å²) in [7, 11) is 0. The van der Waals surface area contributed by atoms with E-state index >= 15 is 0 Å². The Kier molecular flexibility index (Phi) is 5.20. The van der Waals surface area contributed by atoms with Crippen LogP contribution in [0.15, 0.2) is 30.3 Å². The maximum absolute atomic E-state index is 6.57. The summed E-state index contributed by atoms with van der Waals surface area (Å²) < 4.78 is 17.7. The Morgan fingerprint density at radius 3 is 2.74 bits per heavy atom. The van der Waals surface area contributed by atoms with Crippen molar-refractivity contribution in [3.8, 4) is 11.5 Å². The van der Waals surface area contributed by atoms with E-state index in [0.29, 0.717) is 35.7 Å². The molecule has 0 spiro atoms. The van der Waals surface area contributed by atoms with Crippen LogP contribution < -0.4 is 14.8 Å². The Hall–Kier alpha value is -1.91. The molecule has 2 aromatic rings. The Bertz CT molecular complexity index is 839. The van der Waals surface area contributed by atoms with E-state index < -0.39 is 0 Å². The molecule has 0 radical (unpaired) electrons. The van der Waals surface area contributed by atoms with Crippen molar-refractivity contribution >= 4 is 17.3 Å². The zero-order valence-electron chi connectivity index (χ0n) is 16.0. The van der Waals surface area contributed by atoms with E-state index in [-0.39, 0.29) is 12.1 Å². The van der Waals surface area contributed by atoms with Crippen molar-refractivity contribution in [2.75, 3.05) is 25.1 Å². The molecule has 4 nitrogen and oxygen atoms in total. The standard InChI is InChI=1S/C22H26ClNO3/c1-4-25-19-12-14(11-17(23)22(19)26-5-2)20-15-8-9-27-21(15)16-10-13(3)6-7-18(16)24-20/h6-7,10-12,15,20-21,24H,4-5,8-9H2,1-3H3/t15-,20-,21-/m0/s1. The summed E-state index contributed by atoms with van der Waals surface area (Å²) in [4.78, 5) is 0. The summed E-state index contributed by atoms with van der Waals surface area (Å²) in [5.74, 6) is 1.69. The van der Waals surface area contributed by atoms with Gasteiger partial charge < -0.3 is 19.5 Å². The van der Waals surface area contributed by atoms with Crippen molar-refractivity contribution in [1.82, 2.24) is 0 Å². The number of rotatable bonds is 5. The maximum atomic E-state index is 6.57. The first-order chi connectivity index (χ1) is 13.1. The molecule has 0 aliphatic carbocycles. The Morgan fingerprint density at radius 1 is 1.15 bits per heavy atom. The lowest BCUT2D eigenvalue weighted by Crippen LogP contribution is -2.29. The first kappa shape index (κ1) is 18.5. The molecule has 2 aromatic carbocycles. The number of aryl methyl sites for hydroxylation is 1. The van der Waals surface area contributed by atoms with Crippen molar-refractivity contribution in [2.24, 2.45) is 5.92 Å². The van der Waals surface area contributed by atoms with Crippen molar-refractivity contribution in [3.05, 3.63) is 52.0 Å². The van der Waals surface area contributed by atoms with Crippen LogP contribution >= 0.6 is 11.6 Å². The minimum Gasteiger partial charge on any atom is -0.490 e. The van der Waals surface area contributed by atoms with Gasteiger partial charge in [-0.05, 0) is 51.0 Å². The summed E-state index contributed by atoms with van der Waals surface area (Å²) in [6.07, 6.45) is 1.14. The number of fused-ring (bicyclic) bond motifs is 3. The van der Waals surface area contributed by atoms with E-state index in [9.17, 15) is 0 Å². The fourth-order valence-corrected chi connectivity index (χ4v) is 4.51. The summed E-state index contributed by atoms with van der Waals surface area (Å²) in [5.41, 5.74) is 4.76. The number of hydrogen-bond donors (Lipinski definition) is 1. The smallest absolute Gasteiger partial charge is 0.179 e. The van der Waals surface area contributed by atoms with E-state index in [1.807, 2.05) is 19.9 Å². The summed E-state index contributed by atoms with van der Waals surface area (Å²) >= 11 is 6.57. The molecular weight excluding hydrogens is 362 g/mol. The van der Waals surface area contributed by atoms with Crippen LogP contribution in [-0.4, -0.2) is 19.8 Å². The highest BCUT2D eigenvalue weighted by molar-refractivity contribution is 6.32. The molecule has 0 aromatic heterocycles. The fourth-order valence-electron chi connectivity index (χ4n) is 4.24. The van der Waals surface area contributed by atoms with Crippen molar-refractivity contribution in [1.29, 1.82) is 0 Å². The second-order valence-corrected chi connectivity index (χ2v) is 7.56. The van der Waals surface area contributed by atoms with E-state index in [1.165, 1.54) is 11.1 Å². The zero-order chi connectivity index (χ0) is 19.0. The van der Waals surface area contributed by atoms with Gasteiger partial charge in [0.2, 0.25) is 0 Å². The molecule has 3 atom stereocenters. The number of nitrogens with one attached hydrogen (secondary N) is 1. The van der Waals surface area contributed by atoms with Crippen LogP contribution in [0.4, 0.5) is 5.69 Å². The van der Waals surface area contributed by atoms with E-state index in [4.69, 9.17) is 25.8 Å². The van der Waals surface area contributed by atoms with Crippen LogP contribution in [-0.2, 0) is 4.74 Å². The van der Waals surface area contributed by atoms with Crippen molar-refractivity contribution in [2.45, 2.75) is 39.3 Å². The van der Waals surface area contributed by atoms with Gasteiger partial charge in [0.05, 0.1) is 30.4 Å². The van der Waals surface area contributed by atoms with E-state index in [2.05, 4.69) is 36.5 Å². The molecule has 27 heavy (non-hydrogen) atoms. The summed E-state index contributed by atoms with van der Waals surface area (Å²) in [6, 6.07) is 10.7. The van der Waals surface area contributed by atoms with Crippen LogP contribution in [0.2, 0.25) is 5.02 Å². The number of anilines is 1. The van der Waals surface area contributed by atoms with E-state index in [0.717, 1.165) is 24.3 Å². The minimum absolute atomic E-state index is 0.118. The summed E-state index contributed by atoms with van der Waals surface area (Å²) in [6.45, 7) is 7.93. The minimum atomic E-state index is 0.118. The van der Waals surface area contributed by atoms with Gasteiger partial charge in [-0.3, -0.25) is 0 Å². The molecule has 144 valence electrons. The molecule has 1 fully saturated rings. The molecule has 4 rings (SSSR count). The van der Waals surface area contributed by atoms with Crippen LogP contribution in [0, 0.1) is 12.8 Å². The first-order valence-electron chi connectivity index (χ1n) is 9.70. The molecule has 0 unspecified atom stereocenters. The zero-order valence-corrected chi connectivity index (χ0v) is 16.8. The van der Waals surface area contributed by atoms with Gasteiger partial charge in [0.1, 0.15) is 0 Å². The SMILES string of the molecule is CCOc1cc([C@@H]2Nc3ccc(C)cc3[C@H]3OCC[C@H]32)cc(Cl)c1OCC. The van der Waals surface area contributed by atoms with Crippen LogP contribution in [0.25, 0.3) is 0 Å². The van der Waals surface area contributed by atoms with Gasteiger partial charge in [-0.2, -0.15) is 0 Å². The molecule has 0 bridgehead atoms. The monoisotopic (exact) mass is 387 g/mol. The quantitative estimate of drug-likeness (QED) is 0.715. The van der Waals surface area contributed by atoms with Crippen molar-refractivity contribution < 1.29 is 14.2 Å². The molecule has 5 heteroatoms. The summed E-state index contributed by atoms with van der Waals surface area (Å²) in [5, 5.41) is 4.31. The lowest BCUT2D eigenvalue weighted by atomic mass is 9.80. The third-order valence-electron chi connectivity index (χ3n) is 5.37. The van der Waals surface area contributed by atoms with Gasteiger partial charge in [0, 0.05) is 23.8 Å². The number of benzene rings is 2. The van der Waals surface area contributed by atoms with Crippen molar-refractivity contribution in [3.63, 3.8) is 0 Å². The number of halogens is 1. The predicted molar refractivity (Wildman–Crippen MR) is 108 cm³/mol. The average molecular weight is 388 g/mol. The molecule has 1 N–H and O–H groups in total. The second kappa shape index (κ2) is 7.61. The maximum Gasteiger partial charge on any atom is 0.179 e. The molecule has 2 aliphatic heterocycles. The molecule has 2 aliphatic rings. The number of hydrogen-bond acceptors (Lipinski definition) is 4. The lowest BCUT2D eigenvalue weighted by Gasteiger charge is -2.37. The largest absolute Gasteiger partial charge is 0.490 e. The van der Waals surface area contributed by atoms with Gasteiger partial charge in [0.25, 0.3) is 0 Å². The highest BCUT2D eigenvalue weighted by Gasteiger charge is 2.41. The number of ether oxygens (including phenoxy) is 3. The third kappa shape index (κ3) is 3.37. The predicted octanol–water partition coefficient (Wildman–Crippen LogP) is 5.69. The second-order valence-electron chi connectivity index (χ2n) is 7.15. The van der Waals surface area contributed by atoms with E-state index in [1.54, 1.807) is 0 Å². The highest BCUT2D eigenvalue weighted by Crippen LogP contribution is 2.51. The lowest BCUT2D eigenvalue weighted by molar-refractivity contribution is 0.0828. The normalized spacial score (nSPS) is 23.3. The molecular formula is C22H26ClNO3. The molecule has 0 saturated carbocycles. The van der Waals surface area contributed by atoms with Gasteiger partial charge >= 0.3 is 0 Å². The molecule has 0 amide bonds.